The van der Waals surface area contributed by atoms with E-state index in [1.165, 1.54) is 37.8 Å². The van der Waals surface area contributed by atoms with Gasteiger partial charge in [-0.25, -0.2) is 9.07 Å². The molecule has 2 aromatic rings. The molecule has 3 N–H and O–H groups in total. The van der Waals surface area contributed by atoms with E-state index in [1.54, 1.807) is 6.07 Å². The quantitative estimate of drug-likeness (QED) is 0.700. The van der Waals surface area contributed by atoms with Crippen molar-refractivity contribution >= 4 is 5.91 Å². The zero-order valence-electron chi connectivity index (χ0n) is 18.3. The Morgan fingerprint density at radius 3 is 2.97 bits per heavy atom. The average Bonchev–Trinajstić information content (AvgIpc) is 3.32. The zero-order chi connectivity index (χ0) is 21.6. The standard InChI is InChI=1S/C24H32FN5O/c1-24(2)12-21(27-23(31)11-20-17-8-3-4-9-19(17)28-29-20)18-14-26-30(22(18)13-24)16-7-5-6-15(25)10-16/h5-7,10,14,17,19-21,28-29H,3-4,8-9,11-13H2,1-2H3,(H,27,31). The monoisotopic (exact) mass is 425 g/mol. The van der Waals surface area contributed by atoms with Crippen LogP contribution in [-0.2, 0) is 11.2 Å². The predicted molar refractivity (Wildman–Crippen MR) is 117 cm³/mol. The molecule has 166 valence electrons. The van der Waals surface area contributed by atoms with Gasteiger partial charge in [0.25, 0.3) is 0 Å². The largest absolute Gasteiger partial charge is 0.349 e. The van der Waals surface area contributed by atoms with Gasteiger partial charge in [0.1, 0.15) is 5.82 Å². The van der Waals surface area contributed by atoms with Gasteiger partial charge in [-0.1, -0.05) is 32.8 Å². The van der Waals surface area contributed by atoms with Crippen LogP contribution in [0.3, 0.4) is 0 Å². The van der Waals surface area contributed by atoms with Gasteiger partial charge < -0.3 is 5.32 Å². The number of rotatable bonds is 4. The van der Waals surface area contributed by atoms with Gasteiger partial charge in [-0.05, 0) is 55.2 Å². The van der Waals surface area contributed by atoms with Crippen molar-refractivity contribution in [3.8, 4) is 5.69 Å². The maximum absolute atomic E-state index is 13.8. The normalized spacial score (nSPS) is 29.3. The topological polar surface area (TPSA) is 71.0 Å². The van der Waals surface area contributed by atoms with Crippen LogP contribution in [0.25, 0.3) is 5.69 Å². The Morgan fingerprint density at radius 1 is 1.29 bits per heavy atom. The highest BCUT2D eigenvalue weighted by Crippen LogP contribution is 2.41. The van der Waals surface area contributed by atoms with Gasteiger partial charge in [0, 0.05) is 24.1 Å². The van der Waals surface area contributed by atoms with Crippen LogP contribution in [0.15, 0.2) is 30.5 Å². The molecule has 31 heavy (non-hydrogen) atoms. The molecule has 0 radical (unpaired) electrons. The van der Waals surface area contributed by atoms with E-state index in [4.69, 9.17) is 0 Å². The third-order valence-electron chi connectivity index (χ3n) is 7.26. The third-order valence-corrected chi connectivity index (χ3v) is 7.26. The summed E-state index contributed by atoms with van der Waals surface area (Å²) in [6.07, 6.45) is 8.92. The lowest BCUT2D eigenvalue weighted by Gasteiger charge is -2.36. The van der Waals surface area contributed by atoms with Crippen LogP contribution in [-0.4, -0.2) is 27.8 Å². The lowest BCUT2D eigenvalue weighted by Crippen LogP contribution is -2.41. The van der Waals surface area contributed by atoms with Crippen molar-refractivity contribution in [2.24, 2.45) is 11.3 Å². The van der Waals surface area contributed by atoms with E-state index in [0.717, 1.165) is 24.1 Å². The number of amides is 1. The van der Waals surface area contributed by atoms with Crippen molar-refractivity contribution in [1.82, 2.24) is 25.9 Å². The molecular formula is C24H32FN5O. The first-order valence-corrected chi connectivity index (χ1v) is 11.5. The van der Waals surface area contributed by atoms with Crippen molar-refractivity contribution in [3.05, 3.63) is 47.5 Å². The molecule has 2 heterocycles. The first-order chi connectivity index (χ1) is 14.9. The second-order valence-electron chi connectivity index (χ2n) is 10.3. The molecule has 4 atom stereocenters. The van der Waals surface area contributed by atoms with Gasteiger partial charge in [0.15, 0.2) is 0 Å². The van der Waals surface area contributed by atoms with Crippen LogP contribution in [0, 0.1) is 17.2 Å². The van der Waals surface area contributed by atoms with Gasteiger partial charge in [0.05, 0.1) is 23.6 Å². The summed E-state index contributed by atoms with van der Waals surface area (Å²) in [6, 6.07) is 7.12. The lowest BCUT2D eigenvalue weighted by atomic mass is 9.74. The fourth-order valence-electron chi connectivity index (χ4n) is 5.80. The maximum Gasteiger partial charge on any atom is 0.222 e. The summed E-state index contributed by atoms with van der Waals surface area (Å²) in [5.74, 6) is 0.339. The zero-order valence-corrected chi connectivity index (χ0v) is 18.3. The first kappa shape index (κ1) is 20.6. The molecule has 2 aliphatic carbocycles. The van der Waals surface area contributed by atoms with E-state index in [9.17, 15) is 9.18 Å². The Kier molecular flexibility index (Phi) is 5.34. The Balaban J connectivity index is 1.34. The van der Waals surface area contributed by atoms with Crippen molar-refractivity contribution in [2.45, 2.75) is 76.9 Å². The van der Waals surface area contributed by atoms with E-state index in [0.29, 0.717) is 24.1 Å². The van der Waals surface area contributed by atoms with Crippen molar-refractivity contribution in [2.75, 3.05) is 0 Å². The SMILES string of the molecule is CC1(C)Cc2c(cnn2-c2cccc(F)c2)C(NC(=O)CC2NNC3CCCCC32)C1. The number of hydrogen-bond donors (Lipinski definition) is 3. The van der Waals surface area contributed by atoms with E-state index >= 15 is 0 Å². The third kappa shape index (κ3) is 4.13. The van der Waals surface area contributed by atoms with Crippen LogP contribution < -0.4 is 16.2 Å². The first-order valence-electron chi connectivity index (χ1n) is 11.5. The fraction of sp³-hybridized carbons (Fsp3) is 0.583. The summed E-state index contributed by atoms with van der Waals surface area (Å²) in [7, 11) is 0. The number of fused-ring (bicyclic) bond motifs is 2. The number of hydrogen-bond acceptors (Lipinski definition) is 4. The summed E-state index contributed by atoms with van der Waals surface area (Å²) in [6.45, 7) is 4.43. The highest BCUT2D eigenvalue weighted by Gasteiger charge is 2.40. The second-order valence-corrected chi connectivity index (χ2v) is 10.3. The molecule has 6 nitrogen and oxygen atoms in total. The van der Waals surface area contributed by atoms with Gasteiger partial charge in [-0.3, -0.25) is 15.6 Å². The molecule has 1 aliphatic heterocycles. The van der Waals surface area contributed by atoms with E-state index < -0.39 is 0 Å². The minimum atomic E-state index is -0.277. The number of carbonyl (C=O) groups is 1. The molecule has 1 aromatic heterocycles. The van der Waals surface area contributed by atoms with Crippen LogP contribution in [0.4, 0.5) is 4.39 Å². The second kappa shape index (κ2) is 8.02. The summed E-state index contributed by atoms with van der Waals surface area (Å²) >= 11 is 0. The Labute approximate surface area is 182 Å². The number of hydrazine groups is 1. The van der Waals surface area contributed by atoms with E-state index in [-0.39, 0.29) is 29.2 Å². The molecule has 1 saturated heterocycles. The summed E-state index contributed by atoms with van der Waals surface area (Å²) in [4.78, 5) is 13.0. The van der Waals surface area contributed by atoms with E-state index in [1.807, 2.05) is 16.9 Å². The molecule has 2 fully saturated rings. The van der Waals surface area contributed by atoms with Gasteiger partial charge in [0.2, 0.25) is 5.91 Å². The fourth-order valence-corrected chi connectivity index (χ4v) is 5.80. The minimum Gasteiger partial charge on any atom is -0.349 e. The van der Waals surface area contributed by atoms with Gasteiger partial charge in [-0.2, -0.15) is 5.10 Å². The van der Waals surface area contributed by atoms with Crippen LogP contribution in [0.2, 0.25) is 0 Å². The molecule has 5 rings (SSSR count). The molecule has 0 spiro atoms. The van der Waals surface area contributed by atoms with Crippen LogP contribution in [0.5, 0.6) is 0 Å². The van der Waals surface area contributed by atoms with Crippen molar-refractivity contribution < 1.29 is 9.18 Å². The van der Waals surface area contributed by atoms with Crippen LogP contribution in [0.1, 0.15) is 69.7 Å². The van der Waals surface area contributed by atoms with E-state index in [2.05, 4.69) is 35.1 Å². The highest BCUT2D eigenvalue weighted by molar-refractivity contribution is 5.77. The number of carbonyl (C=O) groups excluding carboxylic acids is 1. The molecule has 7 heteroatoms. The highest BCUT2D eigenvalue weighted by atomic mass is 19.1. The molecule has 3 aliphatic rings. The number of nitrogens with one attached hydrogen (secondary N) is 3. The number of nitrogens with zero attached hydrogens (tertiary/aromatic N) is 2. The molecule has 0 bridgehead atoms. The van der Waals surface area contributed by atoms with Gasteiger partial charge in [-0.15, -0.1) is 0 Å². The molecular weight excluding hydrogens is 393 g/mol. The van der Waals surface area contributed by atoms with Crippen molar-refractivity contribution in [3.63, 3.8) is 0 Å². The van der Waals surface area contributed by atoms with Crippen molar-refractivity contribution in [1.29, 1.82) is 0 Å². The smallest absolute Gasteiger partial charge is 0.222 e. The average molecular weight is 426 g/mol. The Morgan fingerprint density at radius 2 is 2.13 bits per heavy atom. The molecule has 1 saturated carbocycles. The van der Waals surface area contributed by atoms with Gasteiger partial charge >= 0.3 is 0 Å². The maximum atomic E-state index is 13.8. The molecule has 4 unspecified atom stereocenters. The Hall–Kier alpha value is -2.25. The minimum absolute atomic E-state index is 0.0116. The summed E-state index contributed by atoms with van der Waals surface area (Å²) in [5.41, 5.74) is 9.60. The summed E-state index contributed by atoms with van der Waals surface area (Å²) in [5, 5.41) is 7.86. The number of benzene rings is 1. The number of aromatic nitrogens is 2. The molecule has 1 aromatic carbocycles. The predicted octanol–water partition coefficient (Wildman–Crippen LogP) is 3.57. The lowest BCUT2D eigenvalue weighted by molar-refractivity contribution is -0.122. The molecule has 1 amide bonds. The number of halogens is 1. The van der Waals surface area contributed by atoms with Crippen LogP contribution >= 0.6 is 0 Å². The Bertz CT molecular complexity index is 971. The summed E-state index contributed by atoms with van der Waals surface area (Å²) < 4.78 is 15.6.